The molecule has 4 heteroatoms. The molecule has 0 saturated heterocycles. The molecule has 1 N–H and O–H groups in total. The Hall–Kier alpha value is -0.870. The van der Waals surface area contributed by atoms with Crippen molar-refractivity contribution in [2.75, 3.05) is 13.1 Å². The molecule has 0 radical (unpaired) electrons. The summed E-state index contributed by atoms with van der Waals surface area (Å²) in [7, 11) is 0. The number of hydrogen-bond donors (Lipinski definition) is 1. The van der Waals surface area contributed by atoms with Crippen molar-refractivity contribution < 1.29 is 4.52 Å². The first-order valence-electron chi connectivity index (χ1n) is 7.36. The van der Waals surface area contributed by atoms with Gasteiger partial charge in [-0.05, 0) is 40.3 Å². The van der Waals surface area contributed by atoms with E-state index in [0.29, 0.717) is 0 Å². The first-order valence-corrected chi connectivity index (χ1v) is 7.36. The van der Waals surface area contributed by atoms with Gasteiger partial charge in [0, 0.05) is 18.2 Å². The molecule has 0 amide bonds. The van der Waals surface area contributed by atoms with Crippen LogP contribution in [0.5, 0.6) is 0 Å². The molecule has 0 atom stereocenters. The van der Waals surface area contributed by atoms with Crippen LogP contribution in [-0.2, 0) is 13.1 Å². The molecule has 110 valence electrons. The van der Waals surface area contributed by atoms with Crippen LogP contribution < -0.4 is 5.32 Å². The summed E-state index contributed by atoms with van der Waals surface area (Å²) in [6.45, 7) is 14.7. The smallest absolute Gasteiger partial charge is 0.151 e. The van der Waals surface area contributed by atoms with Crippen LogP contribution in [0.25, 0.3) is 0 Å². The van der Waals surface area contributed by atoms with Crippen molar-refractivity contribution in [2.45, 2.75) is 66.1 Å². The SMILES string of the molecule is CCCCN(CC)Cc1cc(CNC(C)(C)C)no1. The second kappa shape index (κ2) is 7.65. The predicted molar refractivity (Wildman–Crippen MR) is 79.0 cm³/mol. The molecule has 0 saturated carbocycles. The zero-order chi connectivity index (χ0) is 14.3. The monoisotopic (exact) mass is 267 g/mol. The number of hydrogen-bond acceptors (Lipinski definition) is 4. The molecule has 1 rings (SSSR count). The van der Waals surface area contributed by atoms with Crippen LogP contribution in [-0.4, -0.2) is 28.7 Å². The van der Waals surface area contributed by atoms with E-state index in [1.807, 2.05) is 0 Å². The van der Waals surface area contributed by atoms with Gasteiger partial charge in [0.2, 0.25) is 0 Å². The Morgan fingerprint density at radius 2 is 2.05 bits per heavy atom. The lowest BCUT2D eigenvalue weighted by Crippen LogP contribution is -2.35. The fraction of sp³-hybridized carbons (Fsp3) is 0.800. The molecule has 1 aromatic rings. The molecule has 0 fully saturated rings. The molecule has 0 aliphatic carbocycles. The molecule has 0 aliphatic rings. The van der Waals surface area contributed by atoms with Crippen molar-refractivity contribution in [3.05, 3.63) is 17.5 Å². The van der Waals surface area contributed by atoms with Crippen LogP contribution in [0.15, 0.2) is 10.6 Å². The standard InChI is InChI=1S/C15H29N3O/c1-6-8-9-18(7-2)12-14-10-13(17-19-14)11-16-15(3,4)5/h10,16H,6-9,11-12H2,1-5H3. The van der Waals surface area contributed by atoms with E-state index in [0.717, 1.165) is 37.6 Å². The van der Waals surface area contributed by atoms with Gasteiger partial charge in [0.1, 0.15) is 0 Å². The predicted octanol–water partition coefficient (Wildman–Crippen LogP) is 3.18. The summed E-state index contributed by atoms with van der Waals surface area (Å²) in [4.78, 5) is 2.39. The fourth-order valence-corrected chi connectivity index (χ4v) is 1.82. The third kappa shape index (κ3) is 6.73. The van der Waals surface area contributed by atoms with Crippen molar-refractivity contribution in [3.63, 3.8) is 0 Å². The van der Waals surface area contributed by atoms with Crippen molar-refractivity contribution >= 4 is 0 Å². The Balaban J connectivity index is 2.45. The fourth-order valence-electron chi connectivity index (χ4n) is 1.82. The van der Waals surface area contributed by atoms with E-state index < -0.39 is 0 Å². The number of rotatable bonds is 8. The Kier molecular flexibility index (Phi) is 6.52. The van der Waals surface area contributed by atoms with E-state index in [9.17, 15) is 0 Å². The van der Waals surface area contributed by atoms with Gasteiger partial charge in [-0.15, -0.1) is 0 Å². The van der Waals surface area contributed by atoms with Gasteiger partial charge in [-0.2, -0.15) is 0 Å². The molecule has 0 bridgehead atoms. The minimum atomic E-state index is 0.107. The van der Waals surface area contributed by atoms with E-state index in [4.69, 9.17) is 4.52 Å². The maximum absolute atomic E-state index is 5.41. The minimum absolute atomic E-state index is 0.107. The van der Waals surface area contributed by atoms with Gasteiger partial charge >= 0.3 is 0 Å². The second-order valence-electron chi connectivity index (χ2n) is 6.11. The Morgan fingerprint density at radius 3 is 2.63 bits per heavy atom. The summed E-state index contributed by atoms with van der Waals surface area (Å²) >= 11 is 0. The van der Waals surface area contributed by atoms with Crippen LogP contribution in [0, 0.1) is 0 Å². The highest BCUT2D eigenvalue weighted by molar-refractivity contribution is 5.05. The molecular weight excluding hydrogens is 238 g/mol. The average molecular weight is 267 g/mol. The number of nitrogens with zero attached hydrogens (tertiary/aromatic N) is 2. The molecular formula is C15H29N3O. The van der Waals surface area contributed by atoms with E-state index in [-0.39, 0.29) is 5.54 Å². The third-order valence-corrected chi connectivity index (χ3v) is 3.06. The van der Waals surface area contributed by atoms with Gasteiger partial charge in [0.25, 0.3) is 0 Å². The third-order valence-electron chi connectivity index (χ3n) is 3.06. The maximum atomic E-state index is 5.41. The van der Waals surface area contributed by atoms with E-state index >= 15 is 0 Å². The van der Waals surface area contributed by atoms with Crippen molar-refractivity contribution in [3.8, 4) is 0 Å². The van der Waals surface area contributed by atoms with Gasteiger partial charge in [-0.1, -0.05) is 25.4 Å². The van der Waals surface area contributed by atoms with Gasteiger partial charge in [0.15, 0.2) is 5.76 Å². The Morgan fingerprint density at radius 1 is 1.32 bits per heavy atom. The van der Waals surface area contributed by atoms with E-state index in [1.165, 1.54) is 12.8 Å². The van der Waals surface area contributed by atoms with Crippen LogP contribution in [0.2, 0.25) is 0 Å². The number of unbranched alkanes of at least 4 members (excludes halogenated alkanes) is 1. The quantitative estimate of drug-likeness (QED) is 0.785. The second-order valence-corrected chi connectivity index (χ2v) is 6.11. The molecule has 0 unspecified atom stereocenters. The summed E-state index contributed by atoms with van der Waals surface area (Å²) in [5.74, 6) is 0.962. The Bertz CT molecular complexity index is 355. The highest BCUT2D eigenvalue weighted by atomic mass is 16.5. The largest absolute Gasteiger partial charge is 0.360 e. The maximum Gasteiger partial charge on any atom is 0.151 e. The Labute approximate surface area is 117 Å². The van der Waals surface area contributed by atoms with E-state index in [1.54, 1.807) is 0 Å². The molecule has 0 aromatic carbocycles. The van der Waals surface area contributed by atoms with Crippen molar-refractivity contribution in [1.29, 1.82) is 0 Å². The lowest BCUT2D eigenvalue weighted by atomic mass is 10.1. The van der Waals surface area contributed by atoms with Gasteiger partial charge in [-0.3, -0.25) is 4.90 Å². The summed E-state index contributed by atoms with van der Waals surface area (Å²) < 4.78 is 5.41. The average Bonchev–Trinajstić information content (AvgIpc) is 2.79. The zero-order valence-corrected chi connectivity index (χ0v) is 13.1. The van der Waals surface area contributed by atoms with Gasteiger partial charge in [-0.25, -0.2) is 0 Å². The lowest BCUT2D eigenvalue weighted by molar-refractivity contribution is 0.237. The normalized spacial score (nSPS) is 12.3. The van der Waals surface area contributed by atoms with E-state index in [2.05, 4.69) is 56.1 Å². The van der Waals surface area contributed by atoms with Gasteiger partial charge < -0.3 is 9.84 Å². The van der Waals surface area contributed by atoms with Crippen LogP contribution in [0.1, 0.15) is 58.9 Å². The molecule has 1 heterocycles. The molecule has 19 heavy (non-hydrogen) atoms. The topological polar surface area (TPSA) is 41.3 Å². The van der Waals surface area contributed by atoms with Crippen molar-refractivity contribution in [2.24, 2.45) is 0 Å². The zero-order valence-electron chi connectivity index (χ0n) is 13.1. The number of aromatic nitrogens is 1. The van der Waals surface area contributed by atoms with Crippen LogP contribution in [0.4, 0.5) is 0 Å². The molecule has 4 nitrogen and oxygen atoms in total. The molecule has 0 aliphatic heterocycles. The first kappa shape index (κ1) is 16.2. The summed E-state index contributed by atoms with van der Waals surface area (Å²) in [6.07, 6.45) is 2.47. The summed E-state index contributed by atoms with van der Waals surface area (Å²) in [6, 6.07) is 2.06. The lowest BCUT2D eigenvalue weighted by Gasteiger charge is -2.19. The highest BCUT2D eigenvalue weighted by Gasteiger charge is 2.12. The van der Waals surface area contributed by atoms with Gasteiger partial charge in [0.05, 0.1) is 12.2 Å². The molecule has 1 aromatic heterocycles. The van der Waals surface area contributed by atoms with Crippen LogP contribution in [0.3, 0.4) is 0 Å². The van der Waals surface area contributed by atoms with Crippen LogP contribution >= 0.6 is 0 Å². The minimum Gasteiger partial charge on any atom is -0.360 e. The summed E-state index contributed by atoms with van der Waals surface area (Å²) in [5, 5.41) is 7.54. The van der Waals surface area contributed by atoms with Crippen molar-refractivity contribution in [1.82, 2.24) is 15.4 Å². The molecule has 0 spiro atoms. The number of nitrogens with one attached hydrogen (secondary N) is 1. The highest BCUT2D eigenvalue weighted by Crippen LogP contribution is 2.09. The summed E-state index contributed by atoms with van der Waals surface area (Å²) in [5.41, 5.74) is 1.09. The first-order chi connectivity index (χ1) is 8.94.